The zero-order chi connectivity index (χ0) is 15.9. The number of aryl methyl sites for hydroxylation is 2. The lowest BCUT2D eigenvalue weighted by Gasteiger charge is -2.21. The SMILES string of the molecule is CCCNC(CSCCS(C)(=O)=O)c1cc(C)ccc1C. The number of benzene rings is 1. The maximum atomic E-state index is 11.2. The Morgan fingerprint density at radius 3 is 2.62 bits per heavy atom. The van der Waals surface area contributed by atoms with Gasteiger partial charge in [-0.3, -0.25) is 0 Å². The average molecular weight is 330 g/mol. The highest BCUT2D eigenvalue weighted by atomic mass is 32.2. The molecule has 120 valence electrons. The molecule has 0 aliphatic heterocycles. The van der Waals surface area contributed by atoms with Crippen LogP contribution in [0.15, 0.2) is 18.2 Å². The van der Waals surface area contributed by atoms with Crippen molar-refractivity contribution in [2.24, 2.45) is 0 Å². The third kappa shape index (κ3) is 7.34. The summed E-state index contributed by atoms with van der Waals surface area (Å²) in [4.78, 5) is 0. The molecule has 21 heavy (non-hydrogen) atoms. The van der Waals surface area contributed by atoms with Crippen LogP contribution in [0.25, 0.3) is 0 Å². The Morgan fingerprint density at radius 2 is 2.00 bits per heavy atom. The number of thioether (sulfide) groups is 1. The molecule has 5 heteroatoms. The molecule has 0 radical (unpaired) electrons. The van der Waals surface area contributed by atoms with Crippen molar-refractivity contribution < 1.29 is 8.42 Å². The Labute approximate surface area is 133 Å². The Hall–Kier alpha value is -0.520. The van der Waals surface area contributed by atoms with E-state index in [0.717, 1.165) is 18.7 Å². The summed E-state index contributed by atoms with van der Waals surface area (Å²) in [6.07, 6.45) is 2.39. The third-order valence-electron chi connectivity index (χ3n) is 3.33. The van der Waals surface area contributed by atoms with Gasteiger partial charge in [-0.1, -0.05) is 30.7 Å². The van der Waals surface area contributed by atoms with Gasteiger partial charge < -0.3 is 5.32 Å². The maximum Gasteiger partial charge on any atom is 0.148 e. The topological polar surface area (TPSA) is 46.2 Å². The van der Waals surface area contributed by atoms with E-state index >= 15 is 0 Å². The van der Waals surface area contributed by atoms with Gasteiger partial charge in [0.2, 0.25) is 0 Å². The zero-order valence-electron chi connectivity index (χ0n) is 13.5. The summed E-state index contributed by atoms with van der Waals surface area (Å²) >= 11 is 1.71. The largest absolute Gasteiger partial charge is 0.309 e. The summed E-state index contributed by atoms with van der Waals surface area (Å²) in [5.74, 6) is 1.82. The van der Waals surface area contributed by atoms with Crippen molar-refractivity contribution >= 4 is 21.6 Å². The second-order valence-electron chi connectivity index (χ2n) is 5.57. The fourth-order valence-corrected chi connectivity index (χ4v) is 4.51. The zero-order valence-corrected chi connectivity index (χ0v) is 15.1. The monoisotopic (exact) mass is 329 g/mol. The molecule has 0 amide bonds. The summed E-state index contributed by atoms with van der Waals surface area (Å²) in [6.45, 7) is 7.38. The molecule has 0 spiro atoms. The highest BCUT2D eigenvalue weighted by molar-refractivity contribution is 8.00. The van der Waals surface area contributed by atoms with E-state index < -0.39 is 9.84 Å². The molecule has 3 nitrogen and oxygen atoms in total. The van der Waals surface area contributed by atoms with Crippen LogP contribution in [0, 0.1) is 13.8 Å². The predicted molar refractivity (Wildman–Crippen MR) is 94.0 cm³/mol. The smallest absolute Gasteiger partial charge is 0.148 e. The van der Waals surface area contributed by atoms with Gasteiger partial charge in [0.05, 0.1) is 5.75 Å². The predicted octanol–water partition coefficient (Wildman–Crippen LogP) is 3.12. The van der Waals surface area contributed by atoms with Gasteiger partial charge in [0, 0.05) is 23.8 Å². The average Bonchev–Trinajstić information content (AvgIpc) is 2.40. The third-order valence-corrected chi connectivity index (χ3v) is 5.60. The summed E-state index contributed by atoms with van der Waals surface area (Å²) < 4.78 is 22.4. The summed E-state index contributed by atoms with van der Waals surface area (Å²) in [7, 11) is -2.86. The molecular weight excluding hydrogens is 302 g/mol. The Bertz CT molecular complexity index is 541. The number of hydrogen-bond donors (Lipinski definition) is 1. The molecule has 1 N–H and O–H groups in total. The molecule has 1 atom stereocenters. The van der Waals surface area contributed by atoms with Crippen LogP contribution in [-0.4, -0.2) is 38.5 Å². The number of sulfone groups is 1. The van der Waals surface area contributed by atoms with Crippen LogP contribution in [0.5, 0.6) is 0 Å². The molecular formula is C16H27NO2S2. The molecule has 1 aromatic rings. The van der Waals surface area contributed by atoms with Crippen molar-refractivity contribution in [3.05, 3.63) is 34.9 Å². The Balaban J connectivity index is 2.69. The van der Waals surface area contributed by atoms with Gasteiger partial charge in [0.1, 0.15) is 9.84 Å². The second-order valence-corrected chi connectivity index (χ2v) is 8.98. The van der Waals surface area contributed by atoms with Gasteiger partial charge >= 0.3 is 0 Å². The lowest BCUT2D eigenvalue weighted by atomic mass is 10.00. The normalized spacial score (nSPS) is 13.3. The molecule has 0 aliphatic carbocycles. The standard InChI is InChI=1S/C16H27NO2S2/c1-5-8-17-16(12-20-9-10-21(4,18)19)15-11-13(2)6-7-14(15)3/h6-7,11,16-17H,5,8-10,12H2,1-4H3. The van der Waals surface area contributed by atoms with E-state index in [2.05, 4.69) is 44.3 Å². The van der Waals surface area contributed by atoms with Crippen molar-refractivity contribution in [2.45, 2.75) is 33.2 Å². The number of hydrogen-bond acceptors (Lipinski definition) is 4. The van der Waals surface area contributed by atoms with Gasteiger partial charge in [-0.05, 0) is 37.9 Å². The molecule has 0 saturated heterocycles. The minimum Gasteiger partial charge on any atom is -0.309 e. The molecule has 1 aromatic carbocycles. The van der Waals surface area contributed by atoms with Gasteiger partial charge in [0.25, 0.3) is 0 Å². The van der Waals surface area contributed by atoms with Crippen LogP contribution >= 0.6 is 11.8 Å². The van der Waals surface area contributed by atoms with Crippen LogP contribution < -0.4 is 5.32 Å². The first-order valence-corrected chi connectivity index (χ1v) is 10.6. The first-order chi connectivity index (χ1) is 9.83. The van der Waals surface area contributed by atoms with E-state index in [1.165, 1.54) is 22.9 Å². The summed E-state index contributed by atoms with van der Waals surface area (Å²) in [5, 5.41) is 3.58. The van der Waals surface area contributed by atoms with Gasteiger partial charge in [-0.25, -0.2) is 8.42 Å². The van der Waals surface area contributed by atoms with Crippen molar-refractivity contribution in [1.82, 2.24) is 5.32 Å². The fraction of sp³-hybridized carbons (Fsp3) is 0.625. The van der Waals surface area contributed by atoms with E-state index in [1.807, 2.05) is 0 Å². The van der Waals surface area contributed by atoms with Crippen LogP contribution in [0.1, 0.15) is 36.1 Å². The van der Waals surface area contributed by atoms with Gasteiger partial charge in [0.15, 0.2) is 0 Å². The van der Waals surface area contributed by atoms with Crippen molar-refractivity contribution in [2.75, 3.05) is 30.1 Å². The van der Waals surface area contributed by atoms with Crippen LogP contribution in [0.3, 0.4) is 0 Å². The van der Waals surface area contributed by atoms with E-state index in [1.54, 1.807) is 11.8 Å². The molecule has 1 rings (SSSR count). The first-order valence-electron chi connectivity index (χ1n) is 7.39. The number of nitrogens with one attached hydrogen (secondary N) is 1. The Kier molecular flexibility index (Phi) is 7.77. The molecule has 0 bridgehead atoms. The molecule has 0 fully saturated rings. The van der Waals surface area contributed by atoms with E-state index in [4.69, 9.17) is 0 Å². The van der Waals surface area contributed by atoms with Crippen LogP contribution in [-0.2, 0) is 9.84 Å². The van der Waals surface area contributed by atoms with Crippen LogP contribution in [0.2, 0.25) is 0 Å². The highest BCUT2D eigenvalue weighted by Crippen LogP contribution is 2.23. The van der Waals surface area contributed by atoms with Crippen molar-refractivity contribution in [3.63, 3.8) is 0 Å². The first kappa shape index (κ1) is 18.5. The molecule has 0 heterocycles. The van der Waals surface area contributed by atoms with Gasteiger partial charge in [-0.2, -0.15) is 11.8 Å². The number of rotatable bonds is 9. The fourth-order valence-electron chi connectivity index (χ4n) is 2.12. The second kappa shape index (κ2) is 8.81. The van der Waals surface area contributed by atoms with E-state index in [0.29, 0.717) is 5.75 Å². The lowest BCUT2D eigenvalue weighted by molar-refractivity contribution is 0.575. The molecule has 0 saturated carbocycles. The molecule has 0 aromatic heterocycles. The minimum atomic E-state index is -2.86. The summed E-state index contributed by atoms with van der Waals surface area (Å²) in [5.41, 5.74) is 3.88. The van der Waals surface area contributed by atoms with Crippen molar-refractivity contribution in [1.29, 1.82) is 0 Å². The maximum absolute atomic E-state index is 11.2. The lowest BCUT2D eigenvalue weighted by Crippen LogP contribution is -2.25. The quantitative estimate of drug-likeness (QED) is 0.707. The van der Waals surface area contributed by atoms with Crippen LogP contribution in [0.4, 0.5) is 0 Å². The molecule has 0 aliphatic rings. The van der Waals surface area contributed by atoms with E-state index in [-0.39, 0.29) is 11.8 Å². The van der Waals surface area contributed by atoms with E-state index in [9.17, 15) is 8.42 Å². The Morgan fingerprint density at radius 1 is 1.29 bits per heavy atom. The van der Waals surface area contributed by atoms with Gasteiger partial charge in [-0.15, -0.1) is 0 Å². The summed E-state index contributed by atoms with van der Waals surface area (Å²) in [6, 6.07) is 6.81. The molecule has 1 unspecified atom stereocenters. The van der Waals surface area contributed by atoms with Crippen molar-refractivity contribution in [3.8, 4) is 0 Å². The minimum absolute atomic E-state index is 0.255. The highest BCUT2D eigenvalue weighted by Gasteiger charge is 2.14.